The van der Waals surface area contributed by atoms with E-state index in [4.69, 9.17) is 4.74 Å². The summed E-state index contributed by atoms with van der Waals surface area (Å²) in [5.74, 6) is -0.0409. The molecule has 1 saturated heterocycles. The molecule has 1 amide bonds. The monoisotopic (exact) mass is 369 g/mol. The molecule has 1 aliphatic heterocycles. The van der Waals surface area contributed by atoms with Gasteiger partial charge >= 0.3 is 0 Å². The largest absolute Gasteiger partial charge is 0.373 e. The van der Waals surface area contributed by atoms with E-state index in [-0.39, 0.29) is 18.1 Å². The van der Waals surface area contributed by atoms with E-state index in [0.717, 1.165) is 11.1 Å². The van der Waals surface area contributed by atoms with Crippen LogP contribution in [0.5, 0.6) is 0 Å². The summed E-state index contributed by atoms with van der Waals surface area (Å²) in [4.78, 5) is 17.3. The Kier molecular flexibility index (Phi) is 4.63. The number of aryl methyl sites for hydroxylation is 1. The molecule has 1 aromatic carbocycles. The first kappa shape index (κ1) is 17.6. The number of nitrogens with one attached hydrogen (secondary N) is 1. The number of hydrogen-bond donors (Lipinski definition) is 1. The van der Waals surface area contributed by atoms with Gasteiger partial charge in [0, 0.05) is 37.5 Å². The maximum Gasteiger partial charge on any atom is 0.254 e. The number of carbonyl (C=O) groups excluding carboxylic acids is 1. The average Bonchev–Trinajstić information content (AvgIpc) is 3.28. The van der Waals surface area contributed by atoms with Gasteiger partial charge in [-0.25, -0.2) is 0 Å². The third kappa shape index (κ3) is 3.43. The number of aromatic amines is 1. The van der Waals surface area contributed by atoms with Crippen LogP contribution in [0.25, 0.3) is 11.0 Å². The van der Waals surface area contributed by atoms with Crippen LogP contribution in [-0.4, -0.2) is 80.8 Å². The van der Waals surface area contributed by atoms with E-state index in [9.17, 15) is 4.79 Å². The summed E-state index contributed by atoms with van der Waals surface area (Å²) in [7, 11) is 5.88. The summed E-state index contributed by atoms with van der Waals surface area (Å²) in [5.41, 5.74) is 2.98. The molecule has 3 heterocycles. The second-order valence-electron chi connectivity index (χ2n) is 7.09. The molecule has 1 fully saturated rings. The summed E-state index contributed by atoms with van der Waals surface area (Å²) < 4.78 is 7.79. The summed E-state index contributed by atoms with van der Waals surface area (Å²) in [6.07, 6.45) is 3.63. The molecule has 2 atom stereocenters. The van der Waals surface area contributed by atoms with Crippen LogP contribution in [-0.2, 0) is 11.8 Å². The van der Waals surface area contributed by atoms with E-state index in [0.29, 0.717) is 30.8 Å². The Labute approximate surface area is 156 Å². The zero-order chi connectivity index (χ0) is 19.0. The maximum absolute atomic E-state index is 13.4. The van der Waals surface area contributed by atoms with Crippen molar-refractivity contribution in [3.05, 3.63) is 41.7 Å². The molecule has 9 heteroatoms. The first-order valence-corrected chi connectivity index (χ1v) is 8.89. The molecule has 0 spiro atoms. The van der Waals surface area contributed by atoms with Gasteiger partial charge in [0.25, 0.3) is 5.91 Å². The lowest BCUT2D eigenvalue weighted by atomic mass is 9.99. The summed E-state index contributed by atoms with van der Waals surface area (Å²) in [6.45, 7) is 1.75. The number of likely N-dealkylation sites (N-methyl/N-ethyl adjacent to an activating group) is 1. The van der Waals surface area contributed by atoms with Crippen molar-refractivity contribution < 1.29 is 9.53 Å². The number of benzene rings is 1. The number of morpholine rings is 1. The van der Waals surface area contributed by atoms with Crippen LogP contribution in [0.3, 0.4) is 0 Å². The van der Waals surface area contributed by atoms with Crippen LogP contribution in [0, 0.1) is 0 Å². The Bertz CT molecular complexity index is 948. The number of H-pyrrole nitrogens is 1. The lowest BCUT2D eigenvalue weighted by Crippen LogP contribution is -2.51. The lowest BCUT2D eigenvalue weighted by Gasteiger charge is -2.41. The number of rotatable bonds is 4. The normalized spacial score (nSPS) is 20.5. The van der Waals surface area contributed by atoms with E-state index < -0.39 is 0 Å². The highest BCUT2D eigenvalue weighted by atomic mass is 16.5. The number of fused-ring (bicyclic) bond motifs is 1. The highest BCUT2D eigenvalue weighted by Gasteiger charge is 2.37. The first-order chi connectivity index (χ1) is 13.0. The molecule has 4 rings (SSSR count). The smallest absolute Gasteiger partial charge is 0.254 e. The van der Waals surface area contributed by atoms with Crippen molar-refractivity contribution in [2.45, 2.75) is 12.1 Å². The predicted molar refractivity (Wildman–Crippen MR) is 99.2 cm³/mol. The maximum atomic E-state index is 13.4. The molecule has 0 aliphatic carbocycles. The van der Waals surface area contributed by atoms with Crippen LogP contribution in [0.15, 0.2) is 30.6 Å². The SMILES string of the molecule is CN(C)C[C@@H]1OCCN(C(=O)c2ccc3n[nH]nc3c2)[C@H]1c1cnn(C)c1. The Morgan fingerprint density at radius 2 is 2.15 bits per heavy atom. The summed E-state index contributed by atoms with van der Waals surface area (Å²) in [5, 5.41) is 15.0. The number of nitrogens with zero attached hydrogens (tertiary/aromatic N) is 6. The zero-order valence-electron chi connectivity index (χ0n) is 15.7. The van der Waals surface area contributed by atoms with E-state index in [1.807, 2.05) is 44.5 Å². The average molecular weight is 369 g/mol. The number of aromatic nitrogens is 5. The molecule has 142 valence electrons. The molecule has 1 aliphatic rings. The van der Waals surface area contributed by atoms with Crippen molar-refractivity contribution in [3.8, 4) is 0 Å². The van der Waals surface area contributed by atoms with Gasteiger partial charge in [0.2, 0.25) is 0 Å². The number of ether oxygens (including phenoxy) is 1. The predicted octanol–water partition coefficient (Wildman–Crippen LogP) is 0.835. The van der Waals surface area contributed by atoms with Gasteiger partial charge in [-0.05, 0) is 32.3 Å². The second kappa shape index (κ2) is 7.09. The standard InChI is InChI=1S/C18H23N7O2/c1-23(2)11-16-17(13-9-19-24(3)10-13)25(6-7-27-16)18(26)12-4-5-14-15(8-12)21-22-20-14/h4-5,8-10,16-17H,6-7,11H2,1-3H3,(H,20,21,22)/t16-,17-/m0/s1. The highest BCUT2D eigenvalue weighted by molar-refractivity contribution is 5.97. The fourth-order valence-electron chi connectivity index (χ4n) is 3.60. The quantitative estimate of drug-likeness (QED) is 0.733. The van der Waals surface area contributed by atoms with Gasteiger partial charge in [0.15, 0.2) is 0 Å². The zero-order valence-corrected chi connectivity index (χ0v) is 15.7. The van der Waals surface area contributed by atoms with E-state index in [2.05, 4.69) is 25.4 Å². The Balaban J connectivity index is 1.69. The van der Waals surface area contributed by atoms with Crippen molar-refractivity contribution in [1.29, 1.82) is 0 Å². The number of carbonyl (C=O) groups is 1. The molecule has 3 aromatic rings. The van der Waals surface area contributed by atoms with Crippen molar-refractivity contribution >= 4 is 16.9 Å². The summed E-state index contributed by atoms with van der Waals surface area (Å²) in [6, 6.07) is 5.18. The Morgan fingerprint density at radius 1 is 1.33 bits per heavy atom. The van der Waals surface area contributed by atoms with Gasteiger partial charge in [-0.15, -0.1) is 0 Å². The van der Waals surface area contributed by atoms with Crippen molar-refractivity contribution in [3.63, 3.8) is 0 Å². The van der Waals surface area contributed by atoms with Crippen molar-refractivity contribution in [2.24, 2.45) is 7.05 Å². The topological polar surface area (TPSA) is 92.2 Å². The Morgan fingerprint density at radius 3 is 2.89 bits per heavy atom. The molecular formula is C18H23N7O2. The third-order valence-corrected chi connectivity index (χ3v) is 4.79. The number of hydrogen-bond acceptors (Lipinski definition) is 6. The summed E-state index contributed by atoms with van der Waals surface area (Å²) >= 11 is 0. The van der Waals surface area contributed by atoms with Crippen LogP contribution >= 0.6 is 0 Å². The van der Waals surface area contributed by atoms with E-state index in [1.165, 1.54) is 0 Å². The number of amides is 1. The Hall–Kier alpha value is -2.78. The molecule has 1 N–H and O–H groups in total. The molecule has 0 saturated carbocycles. The van der Waals surface area contributed by atoms with Crippen LogP contribution in [0.1, 0.15) is 22.0 Å². The highest BCUT2D eigenvalue weighted by Crippen LogP contribution is 2.31. The van der Waals surface area contributed by atoms with Gasteiger partial charge in [-0.1, -0.05) is 0 Å². The molecule has 27 heavy (non-hydrogen) atoms. The van der Waals surface area contributed by atoms with Gasteiger partial charge in [-0.3, -0.25) is 9.48 Å². The van der Waals surface area contributed by atoms with Crippen molar-refractivity contribution in [2.75, 3.05) is 33.8 Å². The third-order valence-electron chi connectivity index (χ3n) is 4.79. The van der Waals surface area contributed by atoms with Gasteiger partial charge in [-0.2, -0.15) is 20.5 Å². The molecule has 0 unspecified atom stereocenters. The lowest BCUT2D eigenvalue weighted by molar-refractivity contribution is -0.0684. The van der Waals surface area contributed by atoms with Crippen LogP contribution in [0.4, 0.5) is 0 Å². The molecule has 2 aromatic heterocycles. The minimum atomic E-state index is -0.199. The van der Waals surface area contributed by atoms with E-state index >= 15 is 0 Å². The molecule has 0 bridgehead atoms. The second-order valence-corrected chi connectivity index (χ2v) is 7.09. The van der Waals surface area contributed by atoms with E-state index in [1.54, 1.807) is 16.8 Å². The van der Waals surface area contributed by atoms with Crippen molar-refractivity contribution in [1.82, 2.24) is 35.0 Å². The fraction of sp³-hybridized carbons (Fsp3) is 0.444. The fourth-order valence-corrected chi connectivity index (χ4v) is 3.60. The van der Waals surface area contributed by atoms with Gasteiger partial charge < -0.3 is 14.5 Å². The molecule has 9 nitrogen and oxygen atoms in total. The van der Waals surface area contributed by atoms with Gasteiger partial charge in [0.1, 0.15) is 11.0 Å². The van der Waals surface area contributed by atoms with Crippen LogP contribution in [0.2, 0.25) is 0 Å². The molecular weight excluding hydrogens is 346 g/mol. The first-order valence-electron chi connectivity index (χ1n) is 8.89. The van der Waals surface area contributed by atoms with Gasteiger partial charge in [0.05, 0.1) is 24.9 Å². The minimum absolute atomic E-state index is 0.0409. The molecule has 0 radical (unpaired) electrons. The van der Waals surface area contributed by atoms with Crippen LogP contribution < -0.4 is 0 Å². The minimum Gasteiger partial charge on any atom is -0.373 e.